The molecule has 1 aromatic heterocycles. The van der Waals surface area contributed by atoms with E-state index in [-0.39, 0.29) is 4.65 Å². The molecule has 1 atom stereocenters. The predicted octanol–water partition coefficient (Wildman–Crippen LogP) is 5.45. The van der Waals surface area contributed by atoms with Crippen molar-refractivity contribution in [3.63, 3.8) is 0 Å². The summed E-state index contributed by atoms with van der Waals surface area (Å²) in [6.07, 6.45) is 16.6. The first-order chi connectivity index (χ1) is 10.6. The van der Waals surface area contributed by atoms with Crippen molar-refractivity contribution in [2.75, 3.05) is 13.6 Å². The second-order valence-corrected chi connectivity index (χ2v) is 6.72. The highest BCUT2D eigenvalue weighted by molar-refractivity contribution is 5.07. The van der Waals surface area contributed by atoms with E-state index < -0.39 is 0 Å². The van der Waals surface area contributed by atoms with E-state index in [1.807, 2.05) is 12.1 Å². The Labute approximate surface area is 136 Å². The molecule has 1 unspecified atom stereocenters. The van der Waals surface area contributed by atoms with Gasteiger partial charge in [-0.25, -0.2) is 0 Å². The lowest BCUT2D eigenvalue weighted by Crippen LogP contribution is -2.37. The van der Waals surface area contributed by atoms with Crippen LogP contribution >= 0.6 is 0 Å². The SMILES string of the molecule is CCCCCCCCCCCC[N+](C)([O-])Cc1ccncc1. The molecular formula is C19H34N2O. The average molecular weight is 306 g/mol. The van der Waals surface area contributed by atoms with Gasteiger partial charge >= 0.3 is 0 Å². The van der Waals surface area contributed by atoms with Crippen LogP contribution in [-0.4, -0.2) is 23.2 Å². The lowest BCUT2D eigenvalue weighted by atomic mass is 10.1. The molecule has 126 valence electrons. The average Bonchev–Trinajstić information content (AvgIpc) is 2.49. The highest BCUT2D eigenvalue weighted by atomic mass is 16.5. The first kappa shape index (κ1) is 19.1. The third kappa shape index (κ3) is 9.91. The molecular weight excluding hydrogens is 272 g/mol. The topological polar surface area (TPSA) is 36.0 Å². The summed E-state index contributed by atoms with van der Waals surface area (Å²) in [6.45, 7) is 3.54. The molecule has 0 saturated carbocycles. The zero-order chi connectivity index (χ0) is 16.1. The highest BCUT2D eigenvalue weighted by Crippen LogP contribution is 2.14. The zero-order valence-corrected chi connectivity index (χ0v) is 14.6. The molecule has 0 aliphatic rings. The van der Waals surface area contributed by atoms with E-state index in [1.54, 1.807) is 19.4 Å². The molecule has 0 aliphatic carbocycles. The van der Waals surface area contributed by atoms with Crippen LogP contribution in [0.1, 0.15) is 76.7 Å². The molecule has 0 N–H and O–H groups in total. The standard InChI is InChI=1S/C19H34N2O/c1-3-4-5-6-7-8-9-10-11-12-17-21(2,22)18-19-13-15-20-16-14-19/h13-16H,3-12,17-18H2,1-2H3. The van der Waals surface area contributed by atoms with E-state index in [0.29, 0.717) is 6.54 Å². The monoisotopic (exact) mass is 306 g/mol. The van der Waals surface area contributed by atoms with Gasteiger partial charge in [0, 0.05) is 18.0 Å². The van der Waals surface area contributed by atoms with Gasteiger partial charge in [-0.05, 0) is 25.0 Å². The Morgan fingerprint density at radius 3 is 1.91 bits per heavy atom. The second kappa shape index (κ2) is 11.6. The van der Waals surface area contributed by atoms with Crippen molar-refractivity contribution in [3.8, 4) is 0 Å². The van der Waals surface area contributed by atoms with E-state index in [0.717, 1.165) is 18.5 Å². The van der Waals surface area contributed by atoms with Crippen LogP contribution in [0.15, 0.2) is 24.5 Å². The molecule has 1 aromatic rings. The summed E-state index contributed by atoms with van der Waals surface area (Å²) < 4.78 is -0.166. The molecule has 0 fully saturated rings. The Balaban J connectivity index is 1.99. The summed E-state index contributed by atoms with van der Waals surface area (Å²) >= 11 is 0. The number of hydrogen-bond donors (Lipinski definition) is 0. The van der Waals surface area contributed by atoms with E-state index in [2.05, 4.69) is 11.9 Å². The summed E-state index contributed by atoms with van der Waals surface area (Å²) in [5.74, 6) is 0. The Kier molecular flexibility index (Phi) is 10.1. The first-order valence-corrected chi connectivity index (χ1v) is 9.08. The van der Waals surface area contributed by atoms with E-state index in [9.17, 15) is 5.21 Å². The van der Waals surface area contributed by atoms with Gasteiger partial charge in [-0.15, -0.1) is 0 Å². The van der Waals surface area contributed by atoms with Gasteiger partial charge in [0.05, 0.1) is 13.6 Å². The molecule has 0 saturated heterocycles. The maximum Gasteiger partial charge on any atom is 0.104 e. The number of hydroxylamine groups is 3. The molecule has 0 aromatic carbocycles. The zero-order valence-electron chi connectivity index (χ0n) is 14.6. The van der Waals surface area contributed by atoms with Crippen molar-refractivity contribution in [2.24, 2.45) is 0 Å². The molecule has 1 heterocycles. The summed E-state index contributed by atoms with van der Waals surface area (Å²) in [5, 5.41) is 12.4. The lowest BCUT2D eigenvalue weighted by molar-refractivity contribution is -0.874. The third-order valence-electron chi connectivity index (χ3n) is 4.25. The normalized spacial score (nSPS) is 14.0. The number of quaternary nitrogens is 1. The van der Waals surface area contributed by atoms with Crippen LogP contribution in [0, 0.1) is 5.21 Å². The predicted molar refractivity (Wildman–Crippen MR) is 94.2 cm³/mol. The molecule has 22 heavy (non-hydrogen) atoms. The van der Waals surface area contributed by atoms with Crippen LogP contribution in [0.5, 0.6) is 0 Å². The van der Waals surface area contributed by atoms with Gasteiger partial charge in [0.15, 0.2) is 0 Å². The van der Waals surface area contributed by atoms with Gasteiger partial charge < -0.3 is 9.85 Å². The van der Waals surface area contributed by atoms with Crippen LogP contribution < -0.4 is 0 Å². The van der Waals surface area contributed by atoms with Crippen molar-refractivity contribution in [2.45, 2.75) is 77.7 Å². The molecule has 1 rings (SSSR count). The minimum Gasteiger partial charge on any atom is -0.633 e. The van der Waals surface area contributed by atoms with E-state index in [4.69, 9.17) is 0 Å². The Morgan fingerprint density at radius 1 is 0.864 bits per heavy atom. The van der Waals surface area contributed by atoms with Crippen molar-refractivity contribution >= 4 is 0 Å². The Morgan fingerprint density at radius 2 is 1.36 bits per heavy atom. The van der Waals surface area contributed by atoms with Gasteiger partial charge in [-0.3, -0.25) is 4.98 Å². The van der Waals surface area contributed by atoms with Crippen molar-refractivity contribution < 1.29 is 4.65 Å². The van der Waals surface area contributed by atoms with Crippen LogP contribution in [0.3, 0.4) is 0 Å². The van der Waals surface area contributed by atoms with Crippen molar-refractivity contribution in [1.29, 1.82) is 0 Å². The highest BCUT2D eigenvalue weighted by Gasteiger charge is 2.10. The van der Waals surface area contributed by atoms with Crippen LogP contribution in [0.25, 0.3) is 0 Å². The Hall–Kier alpha value is -0.930. The number of pyridine rings is 1. The van der Waals surface area contributed by atoms with E-state index in [1.165, 1.54) is 57.8 Å². The number of hydrogen-bond acceptors (Lipinski definition) is 2. The first-order valence-electron chi connectivity index (χ1n) is 9.08. The summed E-state index contributed by atoms with van der Waals surface area (Å²) in [5.41, 5.74) is 1.08. The minimum atomic E-state index is -0.166. The van der Waals surface area contributed by atoms with Gasteiger partial charge in [-0.2, -0.15) is 0 Å². The molecule has 0 spiro atoms. The Bertz CT molecular complexity index is 365. The summed E-state index contributed by atoms with van der Waals surface area (Å²) in [4.78, 5) is 3.99. The molecule has 0 amide bonds. The van der Waals surface area contributed by atoms with Gasteiger partial charge in [0.1, 0.15) is 6.54 Å². The van der Waals surface area contributed by atoms with Crippen LogP contribution in [0.2, 0.25) is 0 Å². The largest absolute Gasteiger partial charge is 0.633 e. The minimum absolute atomic E-state index is 0.166. The maximum atomic E-state index is 12.4. The van der Waals surface area contributed by atoms with Crippen LogP contribution in [-0.2, 0) is 6.54 Å². The molecule has 0 radical (unpaired) electrons. The van der Waals surface area contributed by atoms with Crippen molar-refractivity contribution in [3.05, 3.63) is 35.3 Å². The fraction of sp³-hybridized carbons (Fsp3) is 0.737. The summed E-state index contributed by atoms with van der Waals surface area (Å²) in [7, 11) is 1.79. The number of unbranched alkanes of at least 4 members (excludes halogenated alkanes) is 9. The third-order valence-corrected chi connectivity index (χ3v) is 4.25. The summed E-state index contributed by atoms with van der Waals surface area (Å²) in [6, 6.07) is 3.87. The van der Waals surface area contributed by atoms with Crippen molar-refractivity contribution in [1.82, 2.24) is 4.98 Å². The van der Waals surface area contributed by atoms with Gasteiger partial charge in [-0.1, -0.05) is 58.3 Å². The van der Waals surface area contributed by atoms with Gasteiger partial charge in [0.2, 0.25) is 0 Å². The number of aromatic nitrogens is 1. The molecule has 3 nitrogen and oxygen atoms in total. The fourth-order valence-electron chi connectivity index (χ4n) is 2.89. The molecule has 0 aliphatic heterocycles. The van der Waals surface area contributed by atoms with E-state index >= 15 is 0 Å². The van der Waals surface area contributed by atoms with Gasteiger partial charge in [0.25, 0.3) is 0 Å². The number of rotatable bonds is 13. The second-order valence-electron chi connectivity index (χ2n) is 6.72. The van der Waals surface area contributed by atoms with Crippen LogP contribution in [0.4, 0.5) is 0 Å². The lowest BCUT2D eigenvalue weighted by Gasteiger charge is -2.38. The molecule has 3 heteroatoms. The smallest absolute Gasteiger partial charge is 0.104 e. The fourth-order valence-corrected chi connectivity index (χ4v) is 2.89. The molecule has 0 bridgehead atoms. The quantitative estimate of drug-likeness (QED) is 0.276. The number of nitrogens with zero attached hydrogens (tertiary/aromatic N) is 2. The maximum absolute atomic E-state index is 12.4.